The minimum atomic E-state index is 1.06. The number of fused-ring (bicyclic) bond motifs is 2. The molecule has 0 radical (unpaired) electrons. The second-order valence-electron chi connectivity index (χ2n) is 16.6. The van der Waals surface area contributed by atoms with E-state index in [0.29, 0.717) is 0 Å². The molecule has 7 aromatic rings. The lowest BCUT2D eigenvalue weighted by molar-refractivity contribution is 0.560. The van der Waals surface area contributed by atoms with Gasteiger partial charge in [-0.25, -0.2) is 0 Å². The fourth-order valence-electron chi connectivity index (χ4n) is 7.78. The molecule has 7 heteroatoms. The van der Waals surface area contributed by atoms with Crippen LogP contribution in [0.25, 0.3) is 39.7 Å². The Morgan fingerprint density at radius 1 is 0.419 bits per heavy atom. The van der Waals surface area contributed by atoms with Gasteiger partial charge in [0.2, 0.25) is 0 Å². The number of aryl methyl sites for hydroxylation is 1. The fraction of sp³-hybridized carbons (Fsp3) is 0.455. The molecule has 334 valence electrons. The zero-order chi connectivity index (χ0) is 43.5. The molecule has 2 nitrogen and oxygen atoms in total. The molecule has 0 saturated carbocycles. The third-order valence-electron chi connectivity index (χ3n) is 11.4. The van der Waals surface area contributed by atoms with Crippen molar-refractivity contribution in [1.29, 1.82) is 0 Å². The van der Waals surface area contributed by atoms with Crippen LogP contribution >= 0.6 is 61.3 Å². The van der Waals surface area contributed by atoms with Gasteiger partial charge in [0, 0.05) is 63.1 Å². The first kappa shape index (κ1) is 50.1. The highest BCUT2D eigenvalue weighted by Crippen LogP contribution is 2.44. The molecule has 0 atom stereocenters. The topological polar surface area (TPSA) is 24.1 Å². The molecule has 4 aromatic heterocycles. The molecule has 2 N–H and O–H groups in total. The van der Waals surface area contributed by atoms with E-state index in [1.165, 1.54) is 185 Å². The van der Waals surface area contributed by atoms with Gasteiger partial charge in [0.05, 0.1) is 0 Å². The summed E-state index contributed by atoms with van der Waals surface area (Å²) in [6.45, 7) is 8.91. The molecule has 7 rings (SSSR count). The average Bonchev–Trinajstić information content (AvgIpc) is 4.10. The Balaban J connectivity index is 0.000000216. The maximum absolute atomic E-state index is 3.73. The smallest absolute Gasteiger partial charge is 0.0484 e. The standard InChI is InChI=1S/C31H39NS2.C18H30BrN.C6H4S2/c1-3-4-5-6-7-8-9-10-11-16-21-32-27-20-15-14-19-26(27)29-23-31-30(34-29)22-28(33-31)25-18-13-12-17-24(25)2;1-2-3-4-5-6-7-8-9-10-13-16-20-18-15-12-11-14-17(18)19;1-3-7-6-2-4-8-5(1)6/h12-15,17-20,22-23,32H,3-11,16,21H2,1-2H3;11-12,14-15,20H,2-10,13,16H2,1H3;1-4H. The van der Waals surface area contributed by atoms with Crippen LogP contribution < -0.4 is 10.6 Å². The Morgan fingerprint density at radius 2 is 0.823 bits per heavy atom. The number of nitrogens with one attached hydrogen (secondary N) is 2. The van der Waals surface area contributed by atoms with Crippen LogP contribution in [0.1, 0.15) is 148 Å². The number of para-hydroxylation sites is 2. The minimum Gasteiger partial charge on any atom is -0.385 e. The van der Waals surface area contributed by atoms with E-state index < -0.39 is 0 Å². The first-order valence-corrected chi connectivity index (χ1v) is 28.1. The van der Waals surface area contributed by atoms with Gasteiger partial charge in [-0.15, -0.1) is 45.3 Å². The first-order chi connectivity index (χ1) is 30.6. The van der Waals surface area contributed by atoms with Gasteiger partial charge >= 0.3 is 0 Å². The van der Waals surface area contributed by atoms with Crippen molar-refractivity contribution < 1.29 is 0 Å². The van der Waals surface area contributed by atoms with Crippen molar-refractivity contribution in [2.75, 3.05) is 23.7 Å². The van der Waals surface area contributed by atoms with E-state index in [-0.39, 0.29) is 0 Å². The molecule has 0 aliphatic heterocycles. The zero-order valence-corrected chi connectivity index (χ0v) is 42.8. The summed E-state index contributed by atoms with van der Waals surface area (Å²) < 4.78 is 6.77. The van der Waals surface area contributed by atoms with Crippen molar-refractivity contribution in [3.05, 3.63) is 118 Å². The molecule has 0 unspecified atom stereocenters. The largest absolute Gasteiger partial charge is 0.385 e. The van der Waals surface area contributed by atoms with E-state index in [2.05, 4.69) is 155 Å². The molecule has 0 fully saturated rings. The molecule has 0 aliphatic rings. The lowest BCUT2D eigenvalue weighted by Gasteiger charge is -2.11. The van der Waals surface area contributed by atoms with Gasteiger partial charge in [-0.1, -0.05) is 184 Å². The Hall–Kier alpha value is -2.94. The van der Waals surface area contributed by atoms with E-state index in [9.17, 15) is 0 Å². The number of benzene rings is 3. The number of thiophene rings is 4. The molecule has 0 spiro atoms. The summed E-state index contributed by atoms with van der Waals surface area (Å²) in [4.78, 5) is 2.74. The number of anilines is 2. The highest BCUT2D eigenvalue weighted by atomic mass is 79.9. The molecule has 0 aliphatic carbocycles. The normalized spacial score (nSPS) is 11.0. The monoisotopic (exact) mass is 968 g/mol. The van der Waals surface area contributed by atoms with Crippen LogP contribution in [0.15, 0.2) is 112 Å². The fourth-order valence-corrected chi connectivity index (χ4v) is 12.6. The predicted octanol–water partition coefficient (Wildman–Crippen LogP) is 20.7. The summed E-state index contributed by atoms with van der Waals surface area (Å²) in [6.07, 6.45) is 27.8. The van der Waals surface area contributed by atoms with Crippen LogP contribution in [-0.2, 0) is 0 Å². The van der Waals surface area contributed by atoms with E-state index in [1.807, 2.05) is 22.7 Å². The van der Waals surface area contributed by atoms with Crippen LogP contribution in [0, 0.1) is 6.92 Å². The van der Waals surface area contributed by atoms with Crippen molar-refractivity contribution in [1.82, 2.24) is 0 Å². The molecule has 3 aromatic carbocycles. The quantitative estimate of drug-likeness (QED) is 0.0529. The second-order valence-corrected chi connectivity index (χ2v) is 21.5. The third kappa shape index (κ3) is 17.9. The lowest BCUT2D eigenvalue weighted by atomic mass is 10.1. The van der Waals surface area contributed by atoms with Crippen LogP contribution in [0.4, 0.5) is 11.4 Å². The minimum absolute atomic E-state index is 1.06. The number of rotatable bonds is 26. The highest BCUT2D eigenvalue weighted by molar-refractivity contribution is 9.10. The Labute approximate surface area is 400 Å². The molecule has 4 heterocycles. The van der Waals surface area contributed by atoms with Gasteiger partial charge in [0.1, 0.15) is 0 Å². The Bertz CT molecular complexity index is 2130. The SMILES string of the molecule is CCCCCCCCCCCCNc1ccccc1-c1cc2sc(-c3ccccc3C)cc2s1.CCCCCCCCCCCCNc1ccccc1Br.c1cc2sccc2s1. The van der Waals surface area contributed by atoms with Crippen LogP contribution in [0.3, 0.4) is 0 Å². The molecule has 0 bridgehead atoms. The number of halogens is 1. The first-order valence-electron chi connectivity index (χ1n) is 23.9. The van der Waals surface area contributed by atoms with Gasteiger partial charge in [-0.05, 0) is 100 Å². The van der Waals surface area contributed by atoms with Crippen LogP contribution in [0.2, 0.25) is 0 Å². The second kappa shape index (κ2) is 30.2. The van der Waals surface area contributed by atoms with Crippen molar-refractivity contribution in [3.63, 3.8) is 0 Å². The molecular formula is C55H73BrN2S4. The van der Waals surface area contributed by atoms with E-state index in [4.69, 9.17) is 0 Å². The van der Waals surface area contributed by atoms with Gasteiger partial charge in [0.25, 0.3) is 0 Å². The summed E-state index contributed by atoms with van der Waals surface area (Å²) >= 11 is 11.0. The van der Waals surface area contributed by atoms with Gasteiger partial charge in [-0.3, -0.25) is 0 Å². The number of hydrogen-bond acceptors (Lipinski definition) is 6. The van der Waals surface area contributed by atoms with Gasteiger partial charge < -0.3 is 10.6 Å². The highest BCUT2D eigenvalue weighted by Gasteiger charge is 2.13. The maximum Gasteiger partial charge on any atom is 0.0484 e. The molecular weight excluding hydrogens is 897 g/mol. The Morgan fingerprint density at radius 3 is 1.32 bits per heavy atom. The number of hydrogen-bond donors (Lipinski definition) is 2. The zero-order valence-electron chi connectivity index (χ0n) is 38.0. The summed E-state index contributed by atoms with van der Waals surface area (Å²) in [7, 11) is 0. The summed E-state index contributed by atoms with van der Waals surface area (Å²) in [6, 6.07) is 34.9. The number of unbranched alkanes of at least 4 members (excludes halogenated alkanes) is 18. The Kier molecular flexibility index (Phi) is 24.4. The summed E-state index contributed by atoms with van der Waals surface area (Å²) in [5.74, 6) is 0. The third-order valence-corrected chi connectivity index (χ3v) is 16.4. The molecule has 0 saturated heterocycles. The van der Waals surface area contributed by atoms with Crippen molar-refractivity contribution in [2.24, 2.45) is 0 Å². The molecule has 0 amide bonds. The van der Waals surface area contributed by atoms with E-state index in [1.54, 1.807) is 22.7 Å². The van der Waals surface area contributed by atoms with E-state index in [0.717, 1.165) is 17.6 Å². The van der Waals surface area contributed by atoms with Crippen molar-refractivity contribution in [3.8, 4) is 20.9 Å². The summed E-state index contributed by atoms with van der Waals surface area (Å²) in [5, 5.41) is 11.5. The maximum atomic E-state index is 3.73. The molecule has 62 heavy (non-hydrogen) atoms. The lowest BCUT2D eigenvalue weighted by Crippen LogP contribution is -2.02. The van der Waals surface area contributed by atoms with Crippen LogP contribution in [-0.4, -0.2) is 13.1 Å². The van der Waals surface area contributed by atoms with E-state index >= 15 is 0 Å². The van der Waals surface area contributed by atoms with Gasteiger partial charge in [-0.2, -0.15) is 0 Å². The van der Waals surface area contributed by atoms with Crippen molar-refractivity contribution in [2.45, 2.75) is 149 Å². The predicted molar refractivity (Wildman–Crippen MR) is 290 cm³/mol. The van der Waals surface area contributed by atoms with Gasteiger partial charge in [0.15, 0.2) is 0 Å². The average molecular weight is 970 g/mol. The summed E-state index contributed by atoms with van der Waals surface area (Å²) in [5.41, 5.74) is 6.52. The van der Waals surface area contributed by atoms with Crippen molar-refractivity contribution >= 4 is 91.5 Å². The van der Waals surface area contributed by atoms with Crippen LogP contribution in [0.5, 0.6) is 0 Å².